The summed E-state index contributed by atoms with van der Waals surface area (Å²) < 4.78 is 8.49. The lowest BCUT2D eigenvalue weighted by molar-refractivity contribution is -0.147. The van der Waals surface area contributed by atoms with E-state index in [1.807, 2.05) is 0 Å². The quantitative estimate of drug-likeness (QED) is 0.554. The van der Waals surface area contributed by atoms with E-state index in [0.29, 0.717) is 11.4 Å². The lowest BCUT2D eigenvalue weighted by Gasteiger charge is -2.32. The summed E-state index contributed by atoms with van der Waals surface area (Å²) in [5, 5.41) is 0. The number of carbonyl (C=O) groups is 2. The van der Waals surface area contributed by atoms with Crippen molar-refractivity contribution in [3.05, 3.63) is 30.1 Å². The summed E-state index contributed by atoms with van der Waals surface area (Å²) in [6.45, 7) is 3.08. The molecular weight excluding hydrogens is 391 g/mol. The van der Waals surface area contributed by atoms with Gasteiger partial charge in [-0.15, -0.1) is 0 Å². The van der Waals surface area contributed by atoms with E-state index in [9.17, 15) is 9.59 Å². The number of fused-ring (bicyclic) bond motifs is 1. The summed E-state index contributed by atoms with van der Waals surface area (Å²) >= 11 is 16.9. The number of ether oxygens (including phenoxy) is 2. The van der Waals surface area contributed by atoms with Crippen molar-refractivity contribution in [2.75, 3.05) is 11.5 Å². The van der Waals surface area contributed by atoms with Gasteiger partial charge in [-0.05, 0) is 32.1 Å². The fraction of sp³-hybridized carbons (Fsp3) is 0.438. The number of carbonyl (C=O) groups excluding carboxylic acids is 2. The van der Waals surface area contributed by atoms with Crippen molar-refractivity contribution in [1.82, 2.24) is 4.98 Å². The zero-order valence-corrected chi connectivity index (χ0v) is 15.9. The second-order valence-corrected chi connectivity index (χ2v) is 8.13. The maximum absolute atomic E-state index is 12.5. The predicted octanol–water partition coefficient (Wildman–Crippen LogP) is 4.13. The third kappa shape index (κ3) is 5.76. The first-order valence-corrected chi connectivity index (χ1v) is 8.66. The summed E-state index contributed by atoms with van der Waals surface area (Å²) in [5.74, 6) is -0.434. The Kier molecular flexibility index (Phi) is 6.54. The SMILES string of the molecule is CC(C)OC(=O)C[C@@H]1C=Cc2ncccc2N1C(=O)OCC(Cl)(Cl)Cl. The van der Waals surface area contributed by atoms with Gasteiger partial charge < -0.3 is 9.47 Å². The zero-order valence-electron chi connectivity index (χ0n) is 13.6. The van der Waals surface area contributed by atoms with Crippen molar-refractivity contribution in [3.63, 3.8) is 0 Å². The van der Waals surface area contributed by atoms with E-state index in [1.54, 1.807) is 44.3 Å². The number of aromatic nitrogens is 1. The fourth-order valence-corrected chi connectivity index (χ4v) is 2.46. The van der Waals surface area contributed by atoms with Crippen LogP contribution in [0.25, 0.3) is 6.08 Å². The van der Waals surface area contributed by atoms with Crippen LogP contribution < -0.4 is 4.90 Å². The molecule has 1 aliphatic rings. The minimum absolute atomic E-state index is 0.0358. The molecule has 1 aliphatic heterocycles. The molecule has 0 saturated carbocycles. The normalized spacial score (nSPS) is 16.6. The summed E-state index contributed by atoms with van der Waals surface area (Å²) in [5.41, 5.74) is 1.07. The van der Waals surface area contributed by atoms with E-state index in [2.05, 4.69) is 4.98 Å². The van der Waals surface area contributed by atoms with E-state index in [0.717, 1.165) is 0 Å². The van der Waals surface area contributed by atoms with Gasteiger partial charge in [-0.1, -0.05) is 40.9 Å². The molecule has 2 heterocycles. The Bertz CT molecular complexity index is 674. The van der Waals surface area contributed by atoms with E-state index >= 15 is 0 Å². The number of alkyl halides is 3. The first-order chi connectivity index (χ1) is 11.7. The van der Waals surface area contributed by atoms with Crippen LogP contribution in [0.4, 0.5) is 10.5 Å². The van der Waals surface area contributed by atoms with Crippen molar-refractivity contribution in [1.29, 1.82) is 0 Å². The van der Waals surface area contributed by atoms with Crippen LogP contribution in [-0.2, 0) is 14.3 Å². The molecule has 0 radical (unpaired) electrons. The van der Waals surface area contributed by atoms with E-state index in [4.69, 9.17) is 44.3 Å². The Morgan fingerprint density at radius 1 is 1.36 bits per heavy atom. The average Bonchev–Trinajstić information content (AvgIpc) is 2.51. The first kappa shape index (κ1) is 19.8. The van der Waals surface area contributed by atoms with Crippen LogP contribution in [0.15, 0.2) is 24.4 Å². The molecule has 0 aromatic carbocycles. The Balaban J connectivity index is 2.22. The van der Waals surface area contributed by atoms with Crippen molar-refractivity contribution >= 4 is 58.6 Å². The minimum Gasteiger partial charge on any atom is -0.463 e. The molecule has 1 amide bonds. The van der Waals surface area contributed by atoms with Crippen LogP contribution >= 0.6 is 34.8 Å². The third-order valence-electron chi connectivity index (χ3n) is 3.18. The summed E-state index contributed by atoms with van der Waals surface area (Å²) in [6, 6.07) is 2.78. The average molecular weight is 408 g/mol. The lowest BCUT2D eigenvalue weighted by Crippen LogP contribution is -2.44. The molecule has 0 spiro atoms. The number of hydrogen-bond donors (Lipinski definition) is 0. The Morgan fingerprint density at radius 2 is 2.08 bits per heavy atom. The highest BCUT2D eigenvalue weighted by Crippen LogP contribution is 2.31. The lowest BCUT2D eigenvalue weighted by atomic mass is 10.0. The number of esters is 1. The second kappa shape index (κ2) is 8.25. The molecule has 0 bridgehead atoms. The van der Waals surface area contributed by atoms with Gasteiger partial charge in [0, 0.05) is 6.20 Å². The molecule has 136 valence electrons. The predicted molar refractivity (Wildman–Crippen MR) is 97.0 cm³/mol. The van der Waals surface area contributed by atoms with Crippen LogP contribution in [0, 0.1) is 0 Å². The molecular formula is C16H17Cl3N2O4. The standard InChI is InChI=1S/C16H17Cl3N2O4/c1-10(2)25-14(22)8-11-5-6-12-13(4-3-7-20-12)21(11)15(23)24-9-16(17,18)19/h3-7,10-11H,8-9H2,1-2H3/t11-/m0/s1. The van der Waals surface area contributed by atoms with Crippen LogP contribution in [0.2, 0.25) is 0 Å². The summed E-state index contributed by atoms with van der Waals surface area (Å²) in [6.07, 6.45) is 3.99. The molecule has 0 saturated heterocycles. The highest BCUT2D eigenvalue weighted by molar-refractivity contribution is 6.67. The van der Waals surface area contributed by atoms with Gasteiger partial charge in [0.05, 0.1) is 29.9 Å². The first-order valence-electron chi connectivity index (χ1n) is 7.53. The molecule has 25 heavy (non-hydrogen) atoms. The van der Waals surface area contributed by atoms with Gasteiger partial charge in [0.15, 0.2) is 0 Å². The van der Waals surface area contributed by atoms with E-state index < -0.39 is 28.5 Å². The van der Waals surface area contributed by atoms with E-state index in [1.165, 1.54) is 4.90 Å². The van der Waals surface area contributed by atoms with E-state index in [-0.39, 0.29) is 12.5 Å². The molecule has 2 rings (SSSR count). The summed E-state index contributed by atoms with van der Waals surface area (Å²) in [4.78, 5) is 30.0. The minimum atomic E-state index is -1.73. The van der Waals surface area contributed by atoms with Crippen molar-refractivity contribution in [2.45, 2.75) is 36.2 Å². The van der Waals surface area contributed by atoms with Gasteiger partial charge in [0.25, 0.3) is 0 Å². The summed E-state index contributed by atoms with van der Waals surface area (Å²) in [7, 11) is 0. The Labute approximate surface area is 160 Å². The van der Waals surface area contributed by atoms with Crippen LogP contribution in [0.1, 0.15) is 26.0 Å². The van der Waals surface area contributed by atoms with Crippen molar-refractivity contribution in [2.24, 2.45) is 0 Å². The van der Waals surface area contributed by atoms with Gasteiger partial charge >= 0.3 is 12.1 Å². The number of hydrogen-bond acceptors (Lipinski definition) is 5. The number of pyridine rings is 1. The molecule has 1 aromatic heterocycles. The molecule has 1 atom stereocenters. The molecule has 6 nitrogen and oxygen atoms in total. The molecule has 0 fully saturated rings. The van der Waals surface area contributed by atoms with Crippen LogP contribution in [0.3, 0.4) is 0 Å². The van der Waals surface area contributed by atoms with Crippen molar-refractivity contribution in [3.8, 4) is 0 Å². The number of anilines is 1. The van der Waals surface area contributed by atoms with Gasteiger partial charge in [-0.2, -0.15) is 0 Å². The van der Waals surface area contributed by atoms with Crippen molar-refractivity contribution < 1.29 is 19.1 Å². The molecule has 0 unspecified atom stereocenters. The van der Waals surface area contributed by atoms with Gasteiger partial charge in [-0.25, -0.2) is 4.79 Å². The molecule has 0 aliphatic carbocycles. The fourth-order valence-electron chi connectivity index (χ4n) is 2.30. The van der Waals surface area contributed by atoms with Crippen LogP contribution in [0.5, 0.6) is 0 Å². The van der Waals surface area contributed by atoms with Gasteiger partial charge in [0.1, 0.15) is 6.61 Å². The maximum atomic E-state index is 12.5. The highest BCUT2D eigenvalue weighted by atomic mass is 35.6. The zero-order chi connectivity index (χ0) is 18.6. The Hall–Kier alpha value is -1.50. The number of halogens is 3. The Morgan fingerprint density at radius 3 is 2.72 bits per heavy atom. The molecule has 9 heteroatoms. The molecule has 1 aromatic rings. The maximum Gasteiger partial charge on any atom is 0.415 e. The van der Waals surface area contributed by atoms with Gasteiger partial charge in [-0.3, -0.25) is 14.7 Å². The monoisotopic (exact) mass is 406 g/mol. The number of amides is 1. The second-order valence-electron chi connectivity index (χ2n) is 5.62. The largest absolute Gasteiger partial charge is 0.463 e. The molecule has 0 N–H and O–H groups in total. The highest BCUT2D eigenvalue weighted by Gasteiger charge is 2.33. The third-order valence-corrected chi connectivity index (χ3v) is 3.51. The topological polar surface area (TPSA) is 68.7 Å². The van der Waals surface area contributed by atoms with Crippen LogP contribution in [-0.4, -0.2) is 39.6 Å². The van der Waals surface area contributed by atoms with Gasteiger partial charge in [0.2, 0.25) is 3.79 Å². The number of nitrogens with zero attached hydrogens (tertiary/aromatic N) is 2. The smallest absolute Gasteiger partial charge is 0.415 e. The number of rotatable bonds is 4.